The largest absolute Gasteiger partial charge is 0.228 e. The third-order valence-electron chi connectivity index (χ3n) is 10.3. The van der Waals surface area contributed by atoms with E-state index in [0.717, 1.165) is 33.9 Å². The fraction of sp³-hybridized carbons (Fsp3) is 0.0213. The van der Waals surface area contributed by atoms with Crippen molar-refractivity contribution in [2.45, 2.75) is 5.41 Å². The van der Waals surface area contributed by atoms with Crippen LogP contribution in [0.5, 0.6) is 0 Å². The predicted octanol–water partition coefficient (Wildman–Crippen LogP) is 11.5. The second-order valence-corrected chi connectivity index (χ2v) is 12.9. The number of hydrogen-bond donors (Lipinski definition) is 0. The molecule has 1 heterocycles. The Morgan fingerprint density at radius 3 is 1.37 bits per heavy atom. The van der Waals surface area contributed by atoms with Crippen LogP contribution in [0.4, 0.5) is 0 Å². The SMILES string of the molecule is c1ccc(-c2cc(-c3cccc(-c4cccc5c4C4(c6ccccc6-c6ccccc64)c4ccccc4-5)c3)nc(-c3ccccc3)n2)cc1. The standard InChI is InChI=1S/C47H30N2/c1-3-15-31(16-4-1)43-30-44(49-46(48-43)32-17-5-2-6-18-32)34-20-13-19-33(29-34)35-24-14-25-39-38-23-9-12-28-42(38)47(45(35)39)40-26-10-7-21-36(40)37-22-8-11-27-41(37)47/h1-30H. The molecule has 1 spiro atoms. The van der Waals surface area contributed by atoms with E-state index < -0.39 is 5.41 Å². The molecule has 228 valence electrons. The fourth-order valence-electron chi connectivity index (χ4n) is 8.31. The van der Waals surface area contributed by atoms with E-state index in [0.29, 0.717) is 0 Å². The highest BCUT2D eigenvalue weighted by molar-refractivity contribution is 5.98. The van der Waals surface area contributed by atoms with E-state index in [-0.39, 0.29) is 0 Å². The normalized spacial score (nSPS) is 13.1. The van der Waals surface area contributed by atoms with E-state index in [1.165, 1.54) is 55.6 Å². The van der Waals surface area contributed by atoms with Crippen LogP contribution in [0.2, 0.25) is 0 Å². The second-order valence-electron chi connectivity index (χ2n) is 12.9. The molecule has 0 fully saturated rings. The molecule has 1 aromatic heterocycles. The Balaban J connectivity index is 1.21. The molecule has 0 atom stereocenters. The van der Waals surface area contributed by atoms with Gasteiger partial charge in [0, 0.05) is 16.7 Å². The van der Waals surface area contributed by atoms with E-state index in [4.69, 9.17) is 9.97 Å². The van der Waals surface area contributed by atoms with Crippen LogP contribution in [0.3, 0.4) is 0 Å². The van der Waals surface area contributed by atoms with Crippen LogP contribution >= 0.6 is 0 Å². The van der Waals surface area contributed by atoms with Crippen LogP contribution < -0.4 is 0 Å². The van der Waals surface area contributed by atoms with Gasteiger partial charge in [-0.15, -0.1) is 0 Å². The number of benzene rings is 7. The van der Waals surface area contributed by atoms with E-state index in [1.807, 2.05) is 24.3 Å². The summed E-state index contributed by atoms with van der Waals surface area (Å²) in [6, 6.07) is 65.5. The minimum absolute atomic E-state index is 0.415. The van der Waals surface area contributed by atoms with Crippen LogP contribution in [0, 0.1) is 0 Å². The van der Waals surface area contributed by atoms with E-state index >= 15 is 0 Å². The molecule has 0 saturated heterocycles. The first-order chi connectivity index (χ1) is 24.3. The summed E-state index contributed by atoms with van der Waals surface area (Å²) >= 11 is 0. The van der Waals surface area contributed by atoms with Crippen molar-refractivity contribution < 1.29 is 0 Å². The van der Waals surface area contributed by atoms with Gasteiger partial charge in [0.1, 0.15) is 0 Å². The molecule has 0 amide bonds. The molecule has 0 saturated carbocycles. The van der Waals surface area contributed by atoms with Crippen LogP contribution in [-0.4, -0.2) is 9.97 Å². The molecule has 0 aliphatic heterocycles. The summed E-state index contributed by atoms with van der Waals surface area (Å²) in [6.07, 6.45) is 0. The van der Waals surface area contributed by atoms with Gasteiger partial charge < -0.3 is 0 Å². The molecule has 0 unspecified atom stereocenters. The maximum absolute atomic E-state index is 5.16. The average Bonchev–Trinajstić information content (AvgIpc) is 3.66. The zero-order chi connectivity index (χ0) is 32.4. The van der Waals surface area contributed by atoms with Crippen molar-refractivity contribution >= 4 is 0 Å². The van der Waals surface area contributed by atoms with Gasteiger partial charge in [0.2, 0.25) is 0 Å². The number of nitrogens with zero attached hydrogens (tertiary/aromatic N) is 2. The van der Waals surface area contributed by atoms with Crippen molar-refractivity contribution in [2.24, 2.45) is 0 Å². The van der Waals surface area contributed by atoms with Gasteiger partial charge in [0.15, 0.2) is 5.82 Å². The fourth-order valence-corrected chi connectivity index (χ4v) is 8.31. The summed E-state index contributed by atoms with van der Waals surface area (Å²) in [7, 11) is 0. The van der Waals surface area contributed by atoms with Crippen molar-refractivity contribution in [1.29, 1.82) is 0 Å². The molecule has 2 aliphatic carbocycles. The molecule has 7 aromatic carbocycles. The summed E-state index contributed by atoms with van der Waals surface area (Å²) in [5.74, 6) is 0.719. The van der Waals surface area contributed by atoms with Gasteiger partial charge in [-0.3, -0.25) is 0 Å². The van der Waals surface area contributed by atoms with Gasteiger partial charge in [0.25, 0.3) is 0 Å². The molecule has 2 heteroatoms. The van der Waals surface area contributed by atoms with Crippen molar-refractivity contribution in [2.75, 3.05) is 0 Å². The molecule has 2 nitrogen and oxygen atoms in total. The minimum Gasteiger partial charge on any atom is -0.228 e. The molecule has 0 radical (unpaired) electrons. The quantitative estimate of drug-likeness (QED) is 0.195. The summed E-state index contributed by atoms with van der Waals surface area (Å²) in [5, 5.41) is 0. The first kappa shape index (κ1) is 27.7. The van der Waals surface area contributed by atoms with Crippen molar-refractivity contribution in [3.63, 3.8) is 0 Å². The number of fused-ring (bicyclic) bond motifs is 10. The number of aromatic nitrogens is 2. The molecule has 0 N–H and O–H groups in total. The van der Waals surface area contributed by atoms with Gasteiger partial charge in [-0.2, -0.15) is 0 Å². The summed E-state index contributed by atoms with van der Waals surface area (Å²) in [4.78, 5) is 10.2. The minimum atomic E-state index is -0.415. The smallest absolute Gasteiger partial charge is 0.160 e. The second kappa shape index (κ2) is 10.8. The zero-order valence-corrected chi connectivity index (χ0v) is 26.7. The summed E-state index contributed by atoms with van der Waals surface area (Å²) < 4.78 is 0. The third kappa shape index (κ3) is 4.07. The maximum atomic E-state index is 5.16. The maximum Gasteiger partial charge on any atom is 0.160 e. The lowest BCUT2D eigenvalue weighted by Crippen LogP contribution is -2.26. The van der Waals surface area contributed by atoms with Crippen molar-refractivity contribution in [1.82, 2.24) is 9.97 Å². The zero-order valence-electron chi connectivity index (χ0n) is 26.7. The Kier molecular flexibility index (Phi) is 6.13. The highest BCUT2D eigenvalue weighted by atomic mass is 14.9. The van der Waals surface area contributed by atoms with Gasteiger partial charge in [0.05, 0.1) is 16.8 Å². The van der Waals surface area contributed by atoms with Crippen LogP contribution in [-0.2, 0) is 5.41 Å². The van der Waals surface area contributed by atoms with Crippen molar-refractivity contribution in [3.05, 3.63) is 204 Å². The first-order valence-corrected chi connectivity index (χ1v) is 16.8. The average molecular weight is 623 g/mol. The Morgan fingerprint density at radius 1 is 0.306 bits per heavy atom. The van der Waals surface area contributed by atoms with Crippen LogP contribution in [0.1, 0.15) is 22.3 Å². The Hall–Kier alpha value is -6.38. The molecular weight excluding hydrogens is 593 g/mol. The number of hydrogen-bond acceptors (Lipinski definition) is 2. The lowest BCUT2D eigenvalue weighted by Gasteiger charge is -2.32. The van der Waals surface area contributed by atoms with Gasteiger partial charge in [-0.1, -0.05) is 170 Å². The van der Waals surface area contributed by atoms with E-state index in [2.05, 4.69) is 158 Å². The Morgan fingerprint density at radius 2 is 0.735 bits per heavy atom. The first-order valence-electron chi connectivity index (χ1n) is 16.8. The van der Waals surface area contributed by atoms with Crippen LogP contribution in [0.15, 0.2) is 182 Å². The molecule has 8 aromatic rings. The topological polar surface area (TPSA) is 25.8 Å². The lowest BCUT2D eigenvalue weighted by molar-refractivity contribution is 0.796. The lowest BCUT2D eigenvalue weighted by atomic mass is 9.68. The highest BCUT2D eigenvalue weighted by Gasteiger charge is 2.52. The van der Waals surface area contributed by atoms with Gasteiger partial charge in [-0.25, -0.2) is 9.97 Å². The van der Waals surface area contributed by atoms with E-state index in [9.17, 15) is 0 Å². The molecular formula is C47H30N2. The molecule has 10 rings (SSSR count). The molecule has 0 bridgehead atoms. The molecule has 49 heavy (non-hydrogen) atoms. The summed E-state index contributed by atoms with van der Waals surface area (Å²) in [5.41, 5.74) is 17.5. The van der Waals surface area contributed by atoms with E-state index in [1.54, 1.807) is 0 Å². The van der Waals surface area contributed by atoms with Gasteiger partial charge >= 0.3 is 0 Å². The predicted molar refractivity (Wildman–Crippen MR) is 200 cm³/mol. The Labute approximate surface area is 286 Å². The van der Waals surface area contributed by atoms with Crippen molar-refractivity contribution in [3.8, 4) is 67.3 Å². The summed E-state index contributed by atoms with van der Waals surface area (Å²) in [6.45, 7) is 0. The molecule has 2 aliphatic rings. The Bertz CT molecular complexity index is 2430. The third-order valence-corrected chi connectivity index (χ3v) is 10.3. The number of rotatable bonds is 4. The van der Waals surface area contributed by atoms with Gasteiger partial charge in [-0.05, 0) is 67.8 Å². The highest BCUT2D eigenvalue weighted by Crippen LogP contribution is 2.64. The van der Waals surface area contributed by atoms with Crippen LogP contribution in [0.25, 0.3) is 67.3 Å². The monoisotopic (exact) mass is 622 g/mol.